The van der Waals surface area contributed by atoms with Crippen LogP contribution >= 0.6 is 0 Å². The minimum absolute atomic E-state index is 0.118. The van der Waals surface area contributed by atoms with Gasteiger partial charge in [0.15, 0.2) is 5.96 Å². The molecule has 2 aliphatic heterocycles. The zero-order chi connectivity index (χ0) is 19.9. The maximum Gasteiger partial charge on any atom is 0.308 e. The van der Waals surface area contributed by atoms with Gasteiger partial charge in [0.1, 0.15) is 0 Å². The SMILES string of the molecule is C[C@H](CNC(=O)c1ccc(N2CCCC(NC3=NCCCN3)C2)cc1)C(=O)O. The molecule has 8 nitrogen and oxygen atoms in total. The lowest BCUT2D eigenvalue weighted by Gasteiger charge is -2.35. The number of hydrogen-bond donors (Lipinski definition) is 4. The van der Waals surface area contributed by atoms with E-state index in [1.165, 1.54) is 0 Å². The minimum atomic E-state index is -0.918. The van der Waals surface area contributed by atoms with Crippen molar-refractivity contribution in [1.82, 2.24) is 16.0 Å². The molecular weight excluding hydrogens is 358 g/mol. The molecule has 3 rings (SSSR count). The standard InChI is InChI=1S/C20H29N5O3/c1-14(19(27)28)12-23-18(26)15-5-7-17(8-6-15)25-11-2-4-16(13-25)24-20-21-9-3-10-22-20/h5-8,14,16H,2-4,9-13H2,1H3,(H,23,26)(H,27,28)(H2,21,22,24)/t14-,16?/m1/s1. The molecular formula is C20H29N5O3. The molecule has 2 aliphatic rings. The Morgan fingerprint density at radius 1 is 1.32 bits per heavy atom. The van der Waals surface area contributed by atoms with E-state index >= 15 is 0 Å². The van der Waals surface area contributed by atoms with Crippen LogP contribution in [0.15, 0.2) is 29.3 Å². The van der Waals surface area contributed by atoms with Crippen LogP contribution in [-0.4, -0.2) is 61.7 Å². The Bertz CT molecular complexity index is 719. The summed E-state index contributed by atoms with van der Waals surface area (Å²) in [5.74, 6) is -0.873. The van der Waals surface area contributed by atoms with Crippen LogP contribution in [0.3, 0.4) is 0 Å². The maximum atomic E-state index is 12.2. The number of guanidine groups is 1. The Kier molecular flexibility index (Phi) is 6.73. The van der Waals surface area contributed by atoms with Crippen LogP contribution in [0.2, 0.25) is 0 Å². The zero-order valence-electron chi connectivity index (χ0n) is 16.3. The lowest BCUT2D eigenvalue weighted by Crippen LogP contribution is -2.52. The molecule has 0 spiro atoms. The van der Waals surface area contributed by atoms with Crippen LogP contribution in [-0.2, 0) is 4.79 Å². The highest BCUT2D eigenvalue weighted by atomic mass is 16.4. The fourth-order valence-corrected chi connectivity index (χ4v) is 3.41. The van der Waals surface area contributed by atoms with E-state index in [1.54, 1.807) is 19.1 Å². The monoisotopic (exact) mass is 387 g/mol. The summed E-state index contributed by atoms with van der Waals surface area (Å²) >= 11 is 0. The first-order valence-corrected chi connectivity index (χ1v) is 9.94. The van der Waals surface area contributed by atoms with Gasteiger partial charge in [0.2, 0.25) is 0 Å². The molecule has 1 unspecified atom stereocenters. The Hall–Kier alpha value is -2.77. The molecule has 28 heavy (non-hydrogen) atoms. The second-order valence-electron chi connectivity index (χ2n) is 7.44. The molecule has 0 aliphatic carbocycles. The van der Waals surface area contributed by atoms with Crippen LogP contribution < -0.4 is 20.9 Å². The molecule has 4 N–H and O–H groups in total. The number of aliphatic carboxylic acids is 1. The van der Waals surface area contributed by atoms with Gasteiger partial charge in [-0.3, -0.25) is 14.6 Å². The number of carbonyl (C=O) groups is 2. The van der Waals surface area contributed by atoms with E-state index in [9.17, 15) is 9.59 Å². The van der Waals surface area contributed by atoms with Gasteiger partial charge in [-0.05, 0) is 43.5 Å². The summed E-state index contributed by atoms with van der Waals surface area (Å²) in [6.45, 7) is 5.41. The van der Waals surface area contributed by atoms with Gasteiger partial charge in [0, 0.05) is 50.0 Å². The minimum Gasteiger partial charge on any atom is -0.481 e. The third-order valence-electron chi connectivity index (χ3n) is 5.14. The molecule has 2 atom stereocenters. The second-order valence-corrected chi connectivity index (χ2v) is 7.44. The first-order valence-electron chi connectivity index (χ1n) is 9.94. The Morgan fingerprint density at radius 3 is 2.79 bits per heavy atom. The number of carboxylic acid groups (broad SMARTS) is 1. The van der Waals surface area contributed by atoms with E-state index in [4.69, 9.17) is 5.11 Å². The van der Waals surface area contributed by atoms with Crippen LogP contribution in [0.4, 0.5) is 5.69 Å². The number of carboxylic acids is 1. The number of piperidine rings is 1. The highest BCUT2D eigenvalue weighted by molar-refractivity contribution is 5.94. The van der Waals surface area contributed by atoms with Crippen molar-refractivity contribution in [3.05, 3.63) is 29.8 Å². The van der Waals surface area contributed by atoms with Gasteiger partial charge in [-0.25, -0.2) is 0 Å². The van der Waals surface area contributed by atoms with Crippen molar-refractivity contribution in [2.24, 2.45) is 10.9 Å². The number of hydrogen-bond acceptors (Lipinski definition) is 6. The van der Waals surface area contributed by atoms with Crippen molar-refractivity contribution in [3.63, 3.8) is 0 Å². The molecule has 1 saturated heterocycles. The summed E-state index contributed by atoms with van der Waals surface area (Å²) in [5, 5.41) is 18.4. The quantitative estimate of drug-likeness (QED) is 0.581. The fraction of sp³-hybridized carbons (Fsp3) is 0.550. The lowest BCUT2D eigenvalue weighted by molar-refractivity contribution is -0.140. The molecule has 1 aromatic rings. The molecule has 0 aromatic heterocycles. The average Bonchev–Trinajstić information content (AvgIpc) is 2.72. The second kappa shape index (κ2) is 9.43. The third-order valence-corrected chi connectivity index (χ3v) is 5.14. The number of nitrogens with one attached hydrogen (secondary N) is 3. The number of nitrogens with zero attached hydrogens (tertiary/aromatic N) is 2. The number of benzene rings is 1. The summed E-state index contributed by atoms with van der Waals surface area (Å²) in [6, 6.07) is 7.83. The van der Waals surface area contributed by atoms with E-state index in [1.807, 2.05) is 12.1 Å². The molecule has 152 valence electrons. The molecule has 1 amide bonds. The normalized spacial score (nSPS) is 20.5. The molecule has 0 radical (unpaired) electrons. The number of rotatable bonds is 6. The molecule has 8 heteroatoms. The molecule has 0 bridgehead atoms. The van der Waals surface area contributed by atoms with Crippen molar-refractivity contribution < 1.29 is 14.7 Å². The molecule has 2 heterocycles. The predicted octanol–water partition coefficient (Wildman–Crippen LogP) is 1.04. The van der Waals surface area contributed by atoms with Gasteiger partial charge in [-0.1, -0.05) is 6.92 Å². The van der Waals surface area contributed by atoms with E-state index in [0.29, 0.717) is 11.6 Å². The van der Waals surface area contributed by atoms with E-state index in [2.05, 4.69) is 25.8 Å². The van der Waals surface area contributed by atoms with Crippen LogP contribution in [0.25, 0.3) is 0 Å². The largest absolute Gasteiger partial charge is 0.481 e. The number of aliphatic imine (C=N–C) groups is 1. The molecule has 0 saturated carbocycles. The summed E-state index contributed by atoms with van der Waals surface area (Å²) in [5.41, 5.74) is 1.62. The van der Waals surface area contributed by atoms with Gasteiger partial charge in [0.05, 0.1) is 5.92 Å². The summed E-state index contributed by atoms with van der Waals surface area (Å²) < 4.78 is 0. The van der Waals surface area contributed by atoms with E-state index < -0.39 is 11.9 Å². The Labute approximate surface area is 165 Å². The smallest absolute Gasteiger partial charge is 0.308 e. The van der Waals surface area contributed by atoms with Crippen molar-refractivity contribution >= 4 is 23.5 Å². The third kappa shape index (κ3) is 5.37. The number of amides is 1. The van der Waals surface area contributed by atoms with E-state index in [0.717, 1.165) is 57.1 Å². The van der Waals surface area contributed by atoms with Crippen molar-refractivity contribution in [3.8, 4) is 0 Å². The van der Waals surface area contributed by atoms with Gasteiger partial charge in [0.25, 0.3) is 5.91 Å². The lowest BCUT2D eigenvalue weighted by atomic mass is 10.0. The number of anilines is 1. The van der Waals surface area contributed by atoms with Crippen molar-refractivity contribution in [1.29, 1.82) is 0 Å². The first kappa shape index (κ1) is 20.0. The molecule has 1 fully saturated rings. The number of carbonyl (C=O) groups excluding carboxylic acids is 1. The van der Waals surface area contributed by atoms with Crippen LogP contribution in [0.1, 0.15) is 36.5 Å². The van der Waals surface area contributed by atoms with Gasteiger partial charge < -0.3 is 26.0 Å². The zero-order valence-corrected chi connectivity index (χ0v) is 16.3. The van der Waals surface area contributed by atoms with Gasteiger partial charge in [-0.15, -0.1) is 0 Å². The summed E-state index contributed by atoms with van der Waals surface area (Å²) in [4.78, 5) is 29.8. The van der Waals surface area contributed by atoms with Crippen LogP contribution in [0, 0.1) is 5.92 Å². The Balaban J connectivity index is 1.54. The average molecular weight is 387 g/mol. The highest BCUT2D eigenvalue weighted by Crippen LogP contribution is 2.20. The molecule has 1 aromatic carbocycles. The highest BCUT2D eigenvalue weighted by Gasteiger charge is 2.22. The van der Waals surface area contributed by atoms with Gasteiger partial charge in [-0.2, -0.15) is 0 Å². The van der Waals surface area contributed by atoms with Crippen molar-refractivity contribution in [2.75, 3.05) is 37.6 Å². The van der Waals surface area contributed by atoms with Crippen molar-refractivity contribution in [2.45, 2.75) is 32.2 Å². The summed E-state index contributed by atoms with van der Waals surface area (Å²) in [6.07, 6.45) is 3.29. The fourth-order valence-electron chi connectivity index (χ4n) is 3.41. The van der Waals surface area contributed by atoms with Crippen LogP contribution in [0.5, 0.6) is 0 Å². The topological polar surface area (TPSA) is 106 Å². The van der Waals surface area contributed by atoms with E-state index in [-0.39, 0.29) is 12.5 Å². The van der Waals surface area contributed by atoms with Gasteiger partial charge >= 0.3 is 5.97 Å². The Morgan fingerprint density at radius 2 is 2.11 bits per heavy atom. The maximum absolute atomic E-state index is 12.2. The predicted molar refractivity (Wildman–Crippen MR) is 109 cm³/mol. The first-order chi connectivity index (χ1) is 13.5. The summed E-state index contributed by atoms with van der Waals surface area (Å²) in [7, 11) is 0.